The highest BCUT2D eigenvalue weighted by atomic mass is 16.3. The third-order valence-corrected chi connectivity index (χ3v) is 7.04. The smallest absolute Gasteiger partial charge is 0.279 e. The lowest BCUT2D eigenvalue weighted by Gasteiger charge is -2.25. The van der Waals surface area contributed by atoms with Crippen LogP contribution in [0, 0.1) is 5.92 Å². The Balaban J connectivity index is 1.52. The lowest BCUT2D eigenvalue weighted by Crippen LogP contribution is -2.34. The maximum Gasteiger partial charge on any atom is 0.279 e. The standard InChI is InChI=1S/C27H32N6O2/c1-32-26(35)24(33-17-20-9-5-6-10-22(20)25(33)34)23(19-11-13-29-14-12-19)31-27(32)30-16-21(28)15-18-7-3-2-4-8-18/h5-6,9-14,17-18,21,34H,2-4,7-8,15-16,28H2,1H3,(H,30,31)/t21-/m0/s1. The molecule has 3 aromatic heterocycles. The zero-order valence-electron chi connectivity index (χ0n) is 20.0. The van der Waals surface area contributed by atoms with Crippen LogP contribution < -0.4 is 16.6 Å². The summed E-state index contributed by atoms with van der Waals surface area (Å²) in [4.78, 5) is 22.6. The molecule has 1 saturated carbocycles. The van der Waals surface area contributed by atoms with Gasteiger partial charge in [-0.2, -0.15) is 0 Å². The topological polar surface area (TPSA) is 111 Å². The molecule has 5 rings (SSSR count). The molecule has 0 saturated heterocycles. The van der Waals surface area contributed by atoms with E-state index in [1.54, 1.807) is 25.6 Å². The number of fused-ring (bicyclic) bond motifs is 1. The first-order valence-corrected chi connectivity index (χ1v) is 12.3. The van der Waals surface area contributed by atoms with Gasteiger partial charge in [-0.05, 0) is 30.5 Å². The molecule has 3 heterocycles. The molecule has 1 aliphatic carbocycles. The van der Waals surface area contributed by atoms with Crippen molar-refractivity contribution in [1.29, 1.82) is 0 Å². The Morgan fingerprint density at radius 3 is 2.63 bits per heavy atom. The van der Waals surface area contributed by atoms with E-state index in [2.05, 4.69) is 10.3 Å². The minimum atomic E-state index is -0.272. The number of nitrogens with zero attached hydrogens (tertiary/aromatic N) is 4. The largest absolute Gasteiger partial charge is 0.494 e. The Morgan fingerprint density at radius 1 is 1.14 bits per heavy atom. The van der Waals surface area contributed by atoms with E-state index in [0.717, 1.165) is 17.4 Å². The number of benzene rings is 1. The molecular formula is C27H32N6O2. The van der Waals surface area contributed by atoms with Gasteiger partial charge in [-0.25, -0.2) is 4.98 Å². The van der Waals surface area contributed by atoms with Crippen LogP contribution in [0.15, 0.2) is 59.8 Å². The summed E-state index contributed by atoms with van der Waals surface area (Å²) in [5.41, 5.74) is 7.66. The van der Waals surface area contributed by atoms with E-state index in [1.165, 1.54) is 41.2 Å². The molecule has 0 bridgehead atoms. The van der Waals surface area contributed by atoms with E-state index in [4.69, 9.17) is 10.7 Å². The lowest BCUT2D eigenvalue weighted by molar-refractivity contribution is 0.320. The van der Waals surface area contributed by atoms with Gasteiger partial charge in [0.15, 0.2) is 0 Å². The minimum absolute atomic E-state index is 0.00465. The van der Waals surface area contributed by atoms with Crippen LogP contribution in [0.4, 0.5) is 5.95 Å². The van der Waals surface area contributed by atoms with Crippen molar-refractivity contribution in [3.63, 3.8) is 0 Å². The maximum absolute atomic E-state index is 13.7. The van der Waals surface area contributed by atoms with Crippen LogP contribution in [-0.4, -0.2) is 36.8 Å². The predicted molar refractivity (Wildman–Crippen MR) is 139 cm³/mol. The summed E-state index contributed by atoms with van der Waals surface area (Å²) in [6.07, 6.45) is 12.5. The van der Waals surface area contributed by atoms with Gasteiger partial charge in [0.05, 0.1) is 0 Å². The summed E-state index contributed by atoms with van der Waals surface area (Å²) in [6.45, 7) is 0.532. The zero-order chi connectivity index (χ0) is 24.4. The minimum Gasteiger partial charge on any atom is -0.494 e. The van der Waals surface area contributed by atoms with Gasteiger partial charge in [0.25, 0.3) is 5.56 Å². The van der Waals surface area contributed by atoms with Crippen molar-refractivity contribution in [2.75, 3.05) is 11.9 Å². The van der Waals surface area contributed by atoms with E-state index in [1.807, 2.05) is 36.4 Å². The average molecular weight is 473 g/mol. The average Bonchev–Trinajstić information content (AvgIpc) is 3.22. The molecule has 1 aliphatic rings. The molecule has 4 aromatic rings. The quantitative estimate of drug-likeness (QED) is 0.372. The van der Waals surface area contributed by atoms with Gasteiger partial charge in [0.2, 0.25) is 11.8 Å². The second kappa shape index (κ2) is 9.92. The van der Waals surface area contributed by atoms with Gasteiger partial charge in [-0.1, -0.05) is 50.3 Å². The number of nitrogens with two attached hydrogens (primary N) is 1. The van der Waals surface area contributed by atoms with Crippen LogP contribution in [-0.2, 0) is 7.05 Å². The Kier molecular flexibility index (Phi) is 6.55. The van der Waals surface area contributed by atoms with Crippen molar-refractivity contribution in [2.24, 2.45) is 18.7 Å². The van der Waals surface area contributed by atoms with Gasteiger partial charge < -0.3 is 16.2 Å². The monoisotopic (exact) mass is 472 g/mol. The first-order valence-electron chi connectivity index (χ1n) is 12.3. The molecular weight excluding hydrogens is 440 g/mol. The summed E-state index contributed by atoms with van der Waals surface area (Å²) in [5.74, 6) is 1.13. The van der Waals surface area contributed by atoms with Crippen molar-refractivity contribution in [3.05, 3.63) is 65.3 Å². The summed E-state index contributed by atoms with van der Waals surface area (Å²) in [6, 6.07) is 11.1. The molecule has 8 heteroatoms. The normalized spacial score (nSPS) is 15.4. The van der Waals surface area contributed by atoms with Crippen LogP contribution in [0.1, 0.15) is 38.5 Å². The van der Waals surface area contributed by atoms with Gasteiger partial charge in [-0.15, -0.1) is 0 Å². The fourth-order valence-corrected chi connectivity index (χ4v) is 5.15. The van der Waals surface area contributed by atoms with E-state index >= 15 is 0 Å². The Bertz CT molecular complexity index is 1370. The second-order valence-electron chi connectivity index (χ2n) is 9.52. The van der Waals surface area contributed by atoms with E-state index < -0.39 is 0 Å². The lowest BCUT2D eigenvalue weighted by atomic mass is 9.85. The molecule has 0 unspecified atom stereocenters. The summed E-state index contributed by atoms with van der Waals surface area (Å²) < 4.78 is 3.01. The second-order valence-corrected chi connectivity index (χ2v) is 9.52. The molecule has 35 heavy (non-hydrogen) atoms. The summed E-state index contributed by atoms with van der Waals surface area (Å²) in [5, 5.41) is 15.8. The molecule has 0 spiro atoms. The summed E-state index contributed by atoms with van der Waals surface area (Å²) >= 11 is 0. The van der Waals surface area contributed by atoms with Crippen molar-refractivity contribution >= 4 is 16.7 Å². The highest BCUT2D eigenvalue weighted by molar-refractivity contribution is 5.89. The van der Waals surface area contributed by atoms with Crippen LogP contribution in [0.3, 0.4) is 0 Å². The molecule has 182 valence electrons. The highest BCUT2D eigenvalue weighted by Crippen LogP contribution is 2.33. The molecule has 0 amide bonds. The number of anilines is 1. The fraction of sp³-hybridized carbons (Fsp3) is 0.370. The van der Waals surface area contributed by atoms with Crippen molar-refractivity contribution in [1.82, 2.24) is 19.1 Å². The van der Waals surface area contributed by atoms with E-state index in [0.29, 0.717) is 29.5 Å². The van der Waals surface area contributed by atoms with Crippen LogP contribution in [0.5, 0.6) is 5.88 Å². The summed E-state index contributed by atoms with van der Waals surface area (Å²) in [7, 11) is 1.68. The predicted octanol–water partition coefficient (Wildman–Crippen LogP) is 4.20. The van der Waals surface area contributed by atoms with E-state index in [-0.39, 0.29) is 23.2 Å². The first-order chi connectivity index (χ1) is 17.0. The maximum atomic E-state index is 13.7. The molecule has 1 aromatic carbocycles. The number of aromatic nitrogens is 4. The number of rotatable bonds is 7. The number of hydrogen-bond acceptors (Lipinski definition) is 6. The Labute approximate surface area is 204 Å². The van der Waals surface area contributed by atoms with E-state index in [9.17, 15) is 9.90 Å². The van der Waals surface area contributed by atoms with Crippen LogP contribution >= 0.6 is 0 Å². The van der Waals surface area contributed by atoms with Gasteiger partial charge in [-0.3, -0.25) is 18.9 Å². The first kappa shape index (κ1) is 23.1. The van der Waals surface area contributed by atoms with Crippen LogP contribution in [0.2, 0.25) is 0 Å². The van der Waals surface area contributed by atoms with Crippen LogP contribution in [0.25, 0.3) is 27.7 Å². The number of aromatic hydroxyl groups is 1. The number of pyridine rings is 1. The SMILES string of the molecule is Cn1c(NC[C@@H](N)CC2CCCCC2)nc(-c2ccncc2)c(-n2cc3ccccc3c2O)c1=O. The van der Waals surface area contributed by atoms with Crippen molar-refractivity contribution < 1.29 is 5.11 Å². The van der Waals surface area contributed by atoms with Crippen molar-refractivity contribution in [3.8, 4) is 22.8 Å². The third kappa shape index (κ3) is 4.66. The highest BCUT2D eigenvalue weighted by Gasteiger charge is 2.22. The molecule has 1 fully saturated rings. The molecule has 8 nitrogen and oxygen atoms in total. The van der Waals surface area contributed by atoms with Gasteiger partial charge in [0.1, 0.15) is 11.4 Å². The Morgan fingerprint density at radius 2 is 1.89 bits per heavy atom. The van der Waals surface area contributed by atoms with Gasteiger partial charge >= 0.3 is 0 Å². The Hall–Kier alpha value is -3.65. The number of hydrogen-bond donors (Lipinski definition) is 3. The molecule has 4 N–H and O–H groups in total. The molecule has 0 aliphatic heterocycles. The molecule has 0 radical (unpaired) electrons. The fourth-order valence-electron chi connectivity index (χ4n) is 5.15. The van der Waals surface area contributed by atoms with Gasteiger partial charge in [0, 0.05) is 54.6 Å². The molecule has 1 atom stereocenters. The van der Waals surface area contributed by atoms with Crippen molar-refractivity contribution in [2.45, 2.75) is 44.6 Å². The zero-order valence-corrected chi connectivity index (χ0v) is 20.0. The number of nitrogens with one attached hydrogen (secondary N) is 1. The third-order valence-electron chi connectivity index (χ3n) is 7.04.